The summed E-state index contributed by atoms with van der Waals surface area (Å²) in [6, 6.07) is 21.0. The van der Waals surface area contributed by atoms with Crippen LogP contribution in [0.5, 0.6) is 0 Å². The van der Waals surface area contributed by atoms with Gasteiger partial charge in [0.05, 0.1) is 42.7 Å². The highest BCUT2D eigenvalue weighted by Gasteiger charge is 2.46. The van der Waals surface area contributed by atoms with Crippen molar-refractivity contribution in [2.75, 3.05) is 24.7 Å². The molecule has 2 atom stereocenters. The molecule has 0 aliphatic carbocycles. The number of rotatable bonds is 16. The van der Waals surface area contributed by atoms with Gasteiger partial charge in [0.1, 0.15) is 0 Å². The smallest absolute Gasteiger partial charge is 0.192 e. The molecule has 0 bridgehead atoms. The molecule has 3 rings (SSSR count). The van der Waals surface area contributed by atoms with Gasteiger partial charge in [0.15, 0.2) is 16.6 Å². The Hall–Kier alpha value is -0.586. The molecule has 4 nitrogen and oxygen atoms in total. The predicted octanol–water partition coefficient (Wildman–Crippen LogP) is 10.5. The van der Waals surface area contributed by atoms with Crippen LogP contribution in [0.3, 0.4) is 0 Å². The van der Waals surface area contributed by atoms with E-state index in [4.69, 9.17) is 18.3 Å². The molecule has 0 radical (unpaired) electrons. The minimum absolute atomic E-state index is 0.00940. The van der Waals surface area contributed by atoms with Crippen molar-refractivity contribution in [3.05, 3.63) is 71.8 Å². The Morgan fingerprint density at radius 2 is 1.00 bits per heavy atom. The van der Waals surface area contributed by atoms with Gasteiger partial charge in [-0.25, -0.2) is 0 Å². The molecule has 0 saturated carbocycles. The maximum atomic E-state index is 7.17. The maximum absolute atomic E-state index is 7.17. The van der Waals surface area contributed by atoms with E-state index in [1.54, 1.807) is 0 Å². The van der Waals surface area contributed by atoms with E-state index in [9.17, 15) is 0 Å². The predicted molar refractivity (Wildman–Crippen MR) is 198 cm³/mol. The van der Waals surface area contributed by atoms with Gasteiger partial charge in [-0.05, 0) is 78.2 Å². The Bertz CT molecular complexity index is 1010. The first kappa shape index (κ1) is 37.9. The second-order valence-corrected chi connectivity index (χ2v) is 28.1. The minimum Gasteiger partial charge on any atom is -0.412 e. The first-order chi connectivity index (χ1) is 20.5. The van der Waals surface area contributed by atoms with Gasteiger partial charge in [-0.1, -0.05) is 102 Å². The summed E-state index contributed by atoms with van der Waals surface area (Å²) in [5, 5.41) is 0.258. The van der Waals surface area contributed by atoms with E-state index in [2.05, 4.69) is 152 Å². The summed E-state index contributed by atoms with van der Waals surface area (Å²) in [5.74, 6) is 2.34. The van der Waals surface area contributed by atoms with Gasteiger partial charge in [-0.3, -0.25) is 0 Å². The van der Waals surface area contributed by atoms with Crippen molar-refractivity contribution >= 4 is 40.2 Å². The van der Waals surface area contributed by atoms with E-state index in [-0.39, 0.29) is 26.4 Å². The molecule has 44 heavy (non-hydrogen) atoms. The summed E-state index contributed by atoms with van der Waals surface area (Å²) in [6.07, 6.45) is 3.18. The largest absolute Gasteiger partial charge is 0.412 e. The van der Waals surface area contributed by atoms with Crippen LogP contribution in [0.25, 0.3) is 0 Å². The summed E-state index contributed by atoms with van der Waals surface area (Å²) in [5.41, 5.74) is 2.40. The van der Waals surface area contributed by atoms with Crippen molar-refractivity contribution in [2.45, 2.75) is 127 Å². The Balaban J connectivity index is 1.84. The monoisotopic (exact) mass is 676 g/mol. The summed E-state index contributed by atoms with van der Waals surface area (Å²) >= 11 is 4.23. The van der Waals surface area contributed by atoms with Crippen molar-refractivity contribution in [1.29, 1.82) is 0 Å². The Morgan fingerprint density at radius 1 is 0.636 bits per heavy atom. The fraction of sp³-hybridized carbons (Fsp3) is 0.667. The van der Waals surface area contributed by atoms with Crippen LogP contribution in [0, 0.1) is 0 Å². The van der Waals surface area contributed by atoms with Crippen molar-refractivity contribution < 1.29 is 18.3 Å². The van der Waals surface area contributed by atoms with Gasteiger partial charge < -0.3 is 18.3 Å². The molecule has 0 aromatic heterocycles. The summed E-state index contributed by atoms with van der Waals surface area (Å²) in [6.45, 7) is 25.8. The van der Waals surface area contributed by atoms with E-state index in [0.717, 1.165) is 12.8 Å². The summed E-state index contributed by atoms with van der Waals surface area (Å²) in [4.78, 5) is 0. The van der Waals surface area contributed by atoms with E-state index in [0.29, 0.717) is 26.4 Å². The van der Waals surface area contributed by atoms with Crippen LogP contribution in [0.1, 0.15) is 71.9 Å². The molecule has 2 aromatic carbocycles. The third-order valence-corrected chi connectivity index (χ3v) is 21.9. The fourth-order valence-electron chi connectivity index (χ4n) is 4.85. The molecule has 248 valence electrons. The van der Waals surface area contributed by atoms with Gasteiger partial charge in [0.2, 0.25) is 0 Å². The van der Waals surface area contributed by atoms with E-state index < -0.39 is 16.6 Å². The Kier molecular flexibility index (Phi) is 14.2. The number of hydrogen-bond acceptors (Lipinski definition) is 6. The van der Waals surface area contributed by atoms with Gasteiger partial charge in [0.25, 0.3) is 0 Å². The van der Waals surface area contributed by atoms with Crippen LogP contribution in [-0.4, -0.2) is 57.6 Å². The van der Waals surface area contributed by atoms with Crippen LogP contribution in [-0.2, 0) is 31.5 Å². The minimum atomic E-state index is -2.02. The highest BCUT2D eigenvalue weighted by Crippen LogP contribution is 2.51. The Morgan fingerprint density at radius 3 is 1.34 bits per heavy atom. The van der Waals surface area contributed by atoms with Crippen LogP contribution < -0.4 is 0 Å². The molecule has 1 aliphatic rings. The molecule has 1 heterocycles. The van der Waals surface area contributed by atoms with E-state index in [1.165, 1.54) is 29.1 Å². The van der Waals surface area contributed by atoms with Crippen molar-refractivity contribution in [1.82, 2.24) is 0 Å². The van der Waals surface area contributed by atoms with Crippen LogP contribution in [0.15, 0.2) is 60.7 Å². The maximum Gasteiger partial charge on any atom is 0.192 e. The summed E-state index contributed by atoms with van der Waals surface area (Å²) < 4.78 is 27.1. The quantitative estimate of drug-likeness (QED) is 0.165. The average Bonchev–Trinajstić information content (AvgIpc) is 2.93. The van der Waals surface area contributed by atoms with Gasteiger partial charge in [-0.2, -0.15) is 0 Å². The van der Waals surface area contributed by atoms with Crippen LogP contribution in [0.2, 0.25) is 36.3 Å². The van der Waals surface area contributed by atoms with Crippen molar-refractivity contribution in [3.8, 4) is 0 Å². The normalized spacial score (nSPS) is 17.8. The lowest BCUT2D eigenvalue weighted by Gasteiger charge is -2.46. The lowest BCUT2D eigenvalue weighted by atomic mass is 10.1. The molecule has 1 saturated heterocycles. The molecule has 2 aromatic rings. The van der Waals surface area contributed by atoms with Gasteiger partial charge in [0, 0.05) is 0 Å². The second-order valence-electron chi connectivity index (χ2n) is 15.4. The molecule has 0 spiro atoms. The van der Waals surface area contributed by atoms with Gasteiger partial charge in [-0.15, -0.1) is 23.5 Å². The Labute approximate surface area is 280 Å². The lowest BCUT2D eigenvalue weighted by Crippen LogP contribution is -2.49. The highest BCUT2D eigenvalue weighted by atomic mass is 32.2. The first-order valence-corrected chi connectivity index (χ1v) is 24.2. The molecule has 0 N–H and O–H groups in total. The third kappa shape index (κ3) is 11.9. The van der Waals surface area contributed by atoms with Crippen molar-refractivity contribution in [3.63, 3.8) is 0 Å². The zero-order chi connectivity index (χ0) is 32.5. The topological polar surface area (TPSA) is 36.9 Å². The zero-order valence-corrected chi connectivity index (χ0v) is 32.9. The zero-order valence-electron chi connectivity index (χ0n) is 29.2. The fourth-order valence-corrected chi connectivity index (χ4v) is 11.1. The summed E-state index contributed by atoms with van der Waals surface area (Å²) in [7, 11) is -4.05. The average molecular weight is 677 g/mol. The van der Waals surface area contributed by atoms with Crippen LogP contribution in [0.4, 0.5) is 0 Å². The molecule has 1 aliphatic heterocycles. The number of benzene rings is 2. The highest BCUT2D eigenvalue weighted by molar-refractivity contribution is 8.18. The molecule has 8 heteroatoms. The number of hydrogen-bond donors (Lipinski definition) is 0. The molecule has 0 unspecified atom stereocenters. The second kappa shape index (κ2) is 16.5. The number of ether oxygens (including phenoxy) is 2. The molecule has 0 amide bonds. The van der Waals surface area contributed by atoms with E-state index >= 15 is 0 Å². The molecular formula is C36H60O4S2Si2. The van der Waals surface area contributed by atoms with Gasteiger partial charge >= 0.3 is 0 Å². The van der Waals surface area contributed by atoms with Crippen molar-refractivity contribution in [2.24, 2.45) is 0 Å². The van der Waals surface area contributed by atoms with Crippen LogP contribution >= 0.6 is 23.5 Å². The lowest BCUT2D eigenvalue weighted by molar-refractivity contribution is 0.0158. The standard InChI is InChI=1S/C36H60O4S2Si2/c1-34(2,3)43(7,8)39-32(28-37-26-30-18-13-11-14-19-30)24-36(41-22-17-23-42-36)25-33(40-44(9,10)35(4,5)6)29-38-27-31-20-15-12-16-21-31/h11-16,18-21,32-33H,17,22-29H2,1-10H3/t32-,33-/m1/s1. The van der Waals surface area contributed by atoms with E-state index in [1.807, 2.05) is 0 Å². The molecular weight excluding hydrogens is 617 g/mol. The number of thioether (sulfide) groups is 2. The third-order valence-electron chi connectivity index (χ3n) is 9.46. The first-order valence-electron chi connectivity index (χ1n) is 16.4. The SMILES string of the molecule is CC(C)(C)[Si](C)(C)O[C@@H](COCc1ccccc1)CC1(C[C@H](COCc2ccccc2)O[Si](C)(C)C(C)(C)C)SCCCS1. The molecule has 1 fully saturated rings.